The van der Waals surface area contributed by atoms with E-state index in [9.17, 15) is 9.59 Å². The van der Waals surface area contributed by atoms with Crippen LogP contribution in [-0.2, 0) is 20.5 Å². The number of nitriles is 1. The first-order chi connectivity index (χ1) is 13.5. The molecule has 1 aromatic heterocycles. The van der Waals surface area contributed by atoms with Gasteiger partial charge in [-0.2, -0.15) is 5.26 Å². The summed E-state index contributed by atoms with van der Waals surface area (Å²) >= 11 is 0. The molecule has 4 rings (SSSR count). The highest BCUT2D eigenvalue weighted by atomic mass is 16.2. The van der Waals surface area contributed by atoms with Gasteiger partial charge in [-0.25, -0.2) is 4.79 Å². The third-order valence-corrected chi connectivity index (χ3v) is 6.04. The number of hydrogen-bond donors (Lipinski definition) is 1. The van der Waals surface area contributed by atoms with E-state index >= 15 is 0 Å². The summed E-state index contributed by atoms with van der Waals surface area (Å²) in [6.45, 7) is 1.58. The molecule has 1 aromatic carbocycles. The van der Waals surface area contributed by atoms with Crippen LogP contribution in [0.15, 0.2) is 33.9 Å². The van der Waals surface area contributed by atoms with Gasteiger partial charge in [0.15, 0.2) is 0 Å². The zero-order valence-electron chi connectivity index (χ0n) is 16.3. The number of anilines is 1. The topological polar surface area (TPSA) is 83.1 Å². The average Bonchev–Trinajstić information content (AvgIpc) is 3.17. The quantitative estimate of drug-likeness (QED) is 0.867. The first-order valence-corrected chi connectivity index (χ1v) is 9.79. The summed E-state index contributed by atoms with van der Waals surface area (Å²) in [7, 11) is 3.21. The van der Waals surface area contributed by atoms with Crippen LogP contribution in [0.25, 0.3) is 0 Å². The van der Waals surface area contributed by atoms with Gasteiger partial charge in [0.1, 0.15) is 5.82 Å². The van der Waals surface area contributed by atoms with Crippen LogP contribution < -0.4 is 21.5 Å². The molecule has 1 unspecified atom stereocenters. The highest BCUT2D eigenvalue weighted by Crippen LogP contribution is 2.31. The zero-order valence-corrected chi connectivity index (χ0v) is 16.3. The van der Waals surface area contributed by atoms with E-state index in [1.54, 1.807) is 17.7 Å². The number of hydrogen-bond acceptors (Lipinski definition) is 5. The molecule has 2 aliphatic rings. The Hall–Kier alpha value is -2.85. The van der Waals surface area contributed by atoms with Crippen molar-refractivity contribution >= 4 is 5.82 Å². The minimum absolute atomic E-state index is 0.274. The number of fused-ring (bicyclic) bond motifs is 1. The fraction of sp³-hybridized carbons (Fsp3) is 0.476. The van der Waals surface area contributed by atoms with Gasteiger partial charge in [0.05, 0.1) is 11.6 Å². The molecule has 2 heterocycles. The van der Waals surface area contributed by atoms with E-state index in [0.717, 1.165) is 48.9 Å². The summed E-state index contributed by atoms with van der Waals surface area (Å²) < 4.78 is 2.67. The predicted octanol–water partition coefficient (Wildman–Crippen LogP) is 1.20. The van der Waals surface area contributed by atoms with Gasteiger partial charge in [0, 0.05) is 45.3 Å². The van der Waals surface area contributed by atoms with Crippen LogP contribution in [0.1, 0.15) is 42.0 Å². The lowest BCUT2D eigenvalue weighted by Crippen LogP contribution is -2.41. The second-order valence-corrected chi connectivity index (χ2v) is 7.81. The highest BCUT2D eigenvalue weighted by molar-refractivity contribution is 5.42. The minimum Gasteiger partial charge on any atom is -0.356 e. The third-order valence-electron chi connectivity index (χ3n) is 6.04. The number of aromatic nitrogens is 2. The Balaban J connectivity index is 1.51. The fourth-order valence-electron chi connectivity index (χ4n) is 4.47. The molecule has 1 fully saturated rings. The molecule has 0 radical (unpaired) electrons. The maximum Gasteiger partial charge on any atom is 0.332 e. The van der Waals surface area contributed by atoms with Gasteiger partial charge in [0.2, 0.25) is 0 Å². The second-order valence-electron chi connectivity index (χ2n) is 7.81. The SMILES string of the molecule is Cn1c(N2CC[C@H](NC3CCCc4cc(C#N)ccc43)C2)cc(=O)n(C)c1=O. The van der Waals surface area contributed by atoms with Gasteiger partial charge < -0.3 is 10.2 Å². The summed E-state index contributed by atoms with van der Waals surface area (Å²) in [6, 6.07) is 10.3. The van der Waals surface area contributed by atoms with E-state index in [1.807, 2.05) is 12.1 Å². The van der Waals surface area contributed by atoms with Crippen molar-refractivity contribution in [1.82, 2.24) is 14.5 Å². The van der Waals surface area contributed by atoms with E-state index in [0.29, 0.717) is 11.9 Å². The molecule has 2 atom stereocenters. The molecule has 0 bridgehead atoms. The first kappa shape index (κ1) is 18.5. The first-order valence-electron chi connectivity index (χ1n) is 9.79. The molecule has 0 saturated carbocycles. The molecular weight excluding hydrogens is 354 g/mol. The van der Waals surface area contributed by atoms with Gasteiger partial charge >= 0.3 is 5.69 Å². The van der Waals surface area contributed by atoms with E-state index in [4.69, 9.17) is 5.26 Å². The van der Waals surface area contributed by atoms with Gasteiger partial charge in [-0.05, 0) is 48.9 Å². The number of nitrogens with one attached hydrogen (secondary N) is 1. The Labute approximate surface area is 163 Å². The number of benzene rings is 1. The standard InChI is InChI=1S/C21H25N5O2/c1-24-19(11-20(27)25(2)21(24)28)26-9-8-16(13-26)23-18-5-3-4-15-10-14(12-22)6-7-17(15)18/h6-7,10-11,16,18,23H,3-5,8-9,13H2,1-2H3/t16-,18?/m0/s1. The molecule has 1 aliphatic carbocycles. The molecule has 0 spiro atoms. The van der Waals surface area contributed by atoms with Crippen molar-refractivity contribution < 1.29 is 0 Å². The van der Waals surface area contributed by atoms with Crippen LogP contribution in [0.5, 0.6) is 0 Å². The van der Waals surface area contributed by atoms with Gasteiger partial charge in [-0.3, -0.25) is 13.9 Å². The smallest absolute Gasteiger partial charge is 0.332 e. The van der Waals surface area contributed by atoms with E-state index in [1.165, 1.54) is 18.2 Å². The summed E-state index contributed by atoms with van der Waals surface area (Å²) in [6.07, 6.45) is 4.18. The molecule has 2 aromatic rings. The van der Waals surface area contributed by atoms with Crippen LogP contribution in [-0.4, -0.2) is 28.3 Å². The lowest BCUT2D eigenvalue weighted by molar-refractivity contribution is 0.409. The van der Waals surface area contributed by atoms with E-state index in [2.05, 4.69) is 22.4 Å². The Bertz CT molecular complexity index is 1060. The van der Waals surface area contributed by atoms with Crippen molar-refractivity contribution in [2.75, 3.05) is 18.0 Å². The molecule has 1 saturated heterocycles. The molecular formula is C21H25N5O2. The van der Waals surface area contributed by atoms with Crippen molar-refractivity contribution in [2.24, 2.45) is 14.1 Å². The van der Waals surface area contributed by atoms with Crippen molar-refractivity contribution in [2.45, 2.75) is 37.8 Å². The van der Waals surface area contributed by atoms with E-state index in [-0.39, 0.29) is 17.3 Å². The van der Waals surface area contributed by atoms with Gasteiger partial charge in [0.25, 0.3) is 5.56 Å². The van der Waals surface area contributed by atoms with Crippen molar-refractivity contribution in [3.63, 3.8) is 0 Å². The molecule has 0 amide bonds. The Morgan fingerprint density at radius 1 is 1.14 bits per heavy atom. The maximum absolute atomic E-state index is 12.2. The Morgan fingerprint density at radius 2 is 1.96 bits per heavy atom. The maximum atomic E-state index is 12.2. The third kappa shape index (κ3) is 3.25. The number of aryl methyl sites for hydroxylation is 1. The summed E-state index contributed by atoms with van der Waals surface area (Å²) in [5.41, 5.74) is 2.71. The second kappa shape index (κ2) is 7.28. The molecule has 1 aliphatic heterocycles. The van der Waals surface area contributed by atoms with Crippen LogP contribution in [0.4, 0.5) is 5.82 Å². The molecule has 7 nitrogen and oxygen atoms in total. The zero-order chi connectivity index (χ0) is 19.8. The van der Waals surface area contributed by atoms with Crippen molar-refractivity contribution in [3.8, 4) is 6.07 Å². The largest absolute Gasteiger partial charge is 0.356 e. The van der Waals surface area contributed by atoms with Crippen molar-refractivity contribution in [3.05, 3.63) is 61.8 Å². The lowest BCUT2D eigenvalue weighted by atomic mass is 9.86. The van der Waals surface area contributed by atoms with Gasteiger partial charge in [-0.1, -0.05) is 6.07 Å². The van der Waals surface area contributed by atoms with Crippen LogP contribution in [0.3, 0.4) is 0 Å². The Morgan fingerprint density at radius 3 is 2.75 bits per heavy atom. The van der Waals surface area contributed by atoms with E-state index < -0.39 is 0 Å². The monoisotopic (exact) mass is 379 g/mol. The predicted molar refractivity (Wildman–Crippen MR) is 108 cm³/mol. The molecule has 28 heavy (non-hydrogen) atoms. The summed E-state index contributed by atoms with van der Waals surface area (Å²) in [5, 5.41) is 12.9. The minimum atomic E-state index is -0.298. The Kier molecular flexibility index (Phi) is 4.82. The fourth-order valence-corrected chi connectivity index (χ4v) is 4.47. The molecule has 146 valence electrons. The highest BCUT2D eigenvalue weighted by Gasteiger charge is 2.29. The normalized spacial score (nSPS) is 21.4. The van der Waals surface area contributed by atoms with Gasteiger partial charge in [-0.15, -0.1) is 0 Å². The lowest BCUT2D eigenvalue weighted by Gasteiger charge is -2.29. The summed E-state index contributed by atoms with van der Waals surface area (Å²) in [5.74, 6) is 0.681. The average molecular weight is 379 g/mol. The molecule has 7 heteroatoms. The van der Waals surface area contributed by atoms with Crippen LogP contribution >= 0.6 is 0 Å². The van der Waals surface area contributed by atoms with Crippen LogP contribution in [0.2, 0.25) is 0 Å². The molecule has 1 N–H and O–H groups in total. The summed E-state index contributed by atoms with van der Waals surface area (Å²) in [4.78, 5) is 26.4. The van der Waals surface area contributed by atoms with Crippen LogP contribution in [0, 0.1) is 11.3 Å². The van der Waals surface area contributed by atoms with Crippen molar-refractivity contribution in [1.29, 1.82) is 5.26 Å². The number of nitrogens with zero attached hydrogens (tertiary/aromatic N) is 4. The number of rotatable bonds is 3.